The van der Waals surface area contributed by atoms with Crippen LogP contribution in [0.5, 0.6) is 0 Å². The van der Waals surface area contributed by atoms with Crippen molar-refractivity contribution in [3.05, 3.63) is 23.1 Å². The standard InChI is InChI=1S/C12H16ClN5.2C2H6/c1-16-5-3-6-18-9(8-16)10(13)11(15-18)12-14-4-7-17(12)2;2*1-2/h4,7H,3,5-6,8H2,1-2H3;2*1-2H3. The van der Waals surface area contributed by atoms with Gasteiger partial charge in [-0.05, 0) is 13.5 Å². The summed E-state index contributed by atoms with van der Waals surface area (Å²) in [5, 5.41) is 5.36. The van der Waals surface area contributed by atoms with E-state index in [0.29, 0.717) is 0 Å². The molecule has 0 amide bonds. The quantitative estimate of drug-likeness (QED) is 0.800. The first kappa shape index (κ1) is 18.7. The third-order valence-corrected chi connectivity index (χ3v) is 3.75. The average molecular weight is 326 g/mol. The first-order valence-electron chi connectivity index (χ1n) is 8.08. The van der Waals surface area contributed by atoms with Gasteiger partial charge in [-0.2, -0.15) is 5.10 Å². The van der Waals surface area contributed by atoms with Crippen molar-refractivity contribution >= 4 is 11.6 Å². The van der Waals surface area contributed by atoms with Crippen LogP contribution in [0.4, 0.5) is 0 Å². The smallest absolute Gasteiger partial charge is 0.161 e. The molecule has 0 radical (unpaired) electrons. The second-order valence-electron chi connectivity index (χ2n) is 4.79. The number of nitrogens with zero attached hydrogens (tertiary/aromatic N) is 5. The van der Waals surface area contributed by atoms with E-state index in [1.54, 1.807) is 6.20 Å². The lowest BCUT2D eigenvalue weighted by Crippen LogP contribution is -2.17. The zero-order valence-corrected chi connectivity index (χ0v) is 15.4. The number of fused-ring (bicyclic) bond motifs is 1. The van der Waals surface area contributed by atoms with Crippen LogP contribution in [0.25, 0.3) is 11.5 Å². The predicted octanol–water partition coefficient (Wildman–Crippen LogP) is 3.82. The molecule has 0 saturated carbocycles. The molecule has 0 saturated heterocycles. The van der Waals surface area contributed by atoms with Gasteiger partial charge in [0.05, 0.1) is 10.7 Å². The van der Waals surface area contributed by atoms with Gasteiger partial charge in [0.2, 0.25) is 0 Å². The molecular formula is C16H28ClN5. The van der Waals surface area contributed by atoms with E-state index in [9.17, 15) is 0 Å². The van der Waals surface area contributed by atoms with Gasteiger partial charge < -0.3 is 9.47 Å². The number of hydrogen-bond acceptors (Lipinski definition) is 3. The van der Waals surface area contributed by atoms with Crippen molar-refractivity contribution in [2.24, 2.45) is 7.05 Å². The van der Waals surface area contributed by atoms with E-state index < -0.39 is 0 Å². The minimum atomic E-state index is 0.734. The van der Waals surface area contributed by atoms with E-state index >= 15 is 0 Å². The van der Waals surface area contributed by atoms with Crippen LogP contribution in [0.2, 0.25) is 5.02 Å². The molecule has 0 spiro atoms. The van der Waals surface area contributed by atoms with Crippen molar-refractivity contribution in [3.63, 3.8) is 0 Å². The first-order chi connectivity index (χ1) is 10.7. The molecule has 5 nitrogen and oxygen atoms in total. The zero-order valence-electron chi connectivity index (χ0n) is 14.6. The third-order valence-electron chi connectivity index (χ3n) is 3.36. The highest BCUT2D eigenvalue weighted by molar-refractivity contribution is 6.33. The molecule has 3 heterocycles. The zero-order chi connectivity index (χ0) is 16.7. The van der Waals surface area contributed by atoms with Crippen LogP contribution in [0.3, 0.4) is 0 Å². The highest BCUT2D eigenvalue weighted by Gasteiger charge is 2.22. The van der Waals surface area contributed by atoms with Crippen molar-refractivity contribution in [2.45, 2.75) is 47.2 Å². The van der Waals surface area contributed by atoms with E-state index in [0.717, 1.165) is 48.3 Å². The summed E-state index contributed by atoms with van der Waals surface area (Å²) in [7, 11) is 4.06. The molecule has 0 N–H and O–H groups in total. The van der Waals surface area contributed by atoms with Gasteiger partial charge in [0.25, 0.3) is 0 Å². The summed E-state index contributed by atoms with van der Waals surface area (Å²) in [6.45, 7) is 10.8. The highest BCUT2D eigenvalue weighted by atomic mass is 35.5. The molecule has 1 aliphatic heterocycles. The van der Waals surface area contributed by atoms with E-state index in [4.69, 9.17) is 11.6 Å². The maximum absolute atomic E-state index is 6.48. The van der Waals surface area contributed by atoms with Crippen molar-refractivity contribution < 1.29 is 0 Å². The SMILES string of the molecule is CC.CC.CN1CCCn2nc(-c3nccn3C)c(Cl)c2C1. The van der Waals surface area contributed by atoms with E-state index in [2.05, 4.69) is 22.0 Å². The minimum absolute atomic E-state index is 0.734. The maximum atomic E-state index is 6.48. The molecule has 2 aromatic rings. The number of rotatable bonds is 1. The second kappa shape index (κ2) is 8.96. The molecule has 0 bridgehead atoms. The van der Waals surface area contributed by atoms with Crippen molar-refractivity contribution in [2.75, 3.05) is 13.6 Å². The van der Waals surface area contributed by atoms with E-state index in [1.807, 2.05) is 50.2 Å². The minimum Gasteiger partial charge on any atom is -0.333 e. The second-order valence-corrected chi connectivity index (χ2v) is 5.16. The van der Waals surface area contributed by atoms with Gasteiger partial charge in [0.15, 0.2) is 5.82 Å². The highest BCUT2D eigenvalue weighted by Crippen LogP contribution is 2.30. The molecule has 0 fully saturated rings. The summed E-state index contributed by atoms with van der Waals surface area (Å²) in [5.41, 5.74) is 1.88. The molecular weight excluding hydrogens is 298 g/mol. The number of aromatic nitrogens is 4. The third kappa shape index (κ3) is 3.90. The predicted molar refractivity (Wildman–Crippen MR) is 93.1 cm³/mol. The largest absolute Gasteiger partial charge is 0.333 e. The normalized spacial score (nSPS) is 14.1. The van der Waals surface area contributed by atoms with Crippen LogP contribution in [0, 0.1) is 0 Å². The number of hydrogen-bond donors (Lipinski definition) is 0. The molecule has 0 aliphatic carbocycles. The van der Waals surface area contributed by atoms with Gasteiger partial charge in [-0.1, -0.05) is 39.3 Å². The Morgan fingerprint density at radius 1 is 1.09 bits per heavy atom. The molecule has 3 rings (SSSR count). The molecule has 22 heavy (non-hydrogen) atoms. The lowest BCUT2D eigenvalue weighted by molar-refractivity contribution is 0.332. The molecule has 2 aromatic heterocycles. The Kier molecular flexibility index (Phi) is 7.62. The number of imidazole rings is 1. The van der Waals surface area contributed by atoms with Gasteiger partial charge in [0, 0.05) is 39.1 Å². The fourth-order valence-corrected chi connectivity index (χ4v) is 2.65. The molecule has 0 unspecified atom stereocenters. The first-order valence-corrected chi connectivity index (χ1v) is 8.46. The van der Waals surface area contributed by atoms with Crippen molar-refractivity contribution in [1.82, 2.24) is 24.2 Å². The lowest BCUT2D eigenvalue weighted by Gasteiger charge is -2.11. The van der Waals surface area contributed by atoms with E-state index in [-0.39, 0.29) is 0 Å². The van der Waals surface area contributed by atoms with Gasteiger partial charge in [0.1, 0.15) is 5.69 Å². The van der Waals surface area contributed by atoms with Crippen LogP contribution >= 0.6 is 11.6 Å². The fraction of sp³-hybridized carbons (Fsp3) is 0.625. The summed E-state index contributed by atoms with van der Waals surface area (Å²) in [6, 6.07) is 0. The Hall–Kier alpha value is -1.33. The topological polar surface area (TPSA) is 38.9 Å². The summed E-state index contributed by atoms with van der Waals surface area (Å²) in [6.07, 6.45) is 4.77. The Balaban J connectivity index is 0.000000561. The number of halogens is 1. The Morgan fingerprint density at radius 3 is 2.36 bits per heavy atom. The van der Waals surface area contributed by atoms with Gasteiger partial charge in [-0.25, -0.2) is 4.98 Å². The van der Waals surface area contributed by atoms with Crippen LogP contribution < -0.4 is 0 Å². The monoisotopic (exact) mass is 325 g/mol. The molecule has 124 valence electrons. The van der Waals surface area contributed by atoms with Crippen LogP contribution in [0.15, 0.2) is 12.4 Å². The van der Waals surface area contributed by atoms with Crippen molar-refractivity contribution in [3.8, 4) is 11.5 Å². The van der Waals surface area contributed by atoms with Crippen LogP contribution in [-0.4, -0.2) is 37.8 Å². The summed E-state index contributed by atoms with van der Waals surface area (Å²) in [4.78, 5) is 6.59. The summed E-state index contributed by atoms with van der Waals surface area (Å²) < 4.78 is 3.97. The van der Waals surface area contributed by atoms with E-state index in [1.165, 1.54) is 0 Å². The Morgan fingerprint density at radius 2 is 1.77 bits per heavy atom. The van der Waals surface area contributed by atoms with Crippen LogP contribution in [-0.2, 0) is 20.1 Å². The number of aryl methyl sites for hydroxylation is 2. The molecule has 1 aliphatic rings. The molecule has 0 atom stereocenters. The molecule has 0 aromatic carbocycles. The van der Waals surface area contributed by atoms with Crippen molar-refractivity contribution in [1.29, 1.82) is 0 Å². The maximum Gasteiger partial charge on any atom is 0.161 e. The fourth-order valence-electron chi connectivity index (χ4n) is 2.37. The van der Waals surface area contributed by atoms with Gasteiger partial charge >= 0.3 is 0 Å². The summed E-state index contributed by atoms with van der Waals surface area (Å²) in [5.74, 6) is 0.822. The Labute approximate surface area is 138 Å². The van der Waals surface area contributed by atoms with Crippen LogP contribution in [0.1, 0.15) is 39.8 Å². The van der Waals surface area contributed by atoms with Gasteiger partial charge in [-0.3, -0.25) is 4.68 Å². The summed E-state index contributed by atoms with van der Waals surface area (Å²) >= 11 is 6.48. The average Bonchev–Trinajstić information content (AvgIpc) is 3.02. The lowest BCUT2D eigenvalue weighted by atomic mass is 10.3. The molecule has 6 heteroatoms. The van der Waals surface area contributed by atoms with Gasteiger partial charge in [-0.15, -0.1) is 0 Å². The Bertz CT molecular complexity index is 573.